The van der Waals surface area contributed by atoms with Crippen molar-refractivity contribution < 1.29 is 0 Å². The van der Waals surface area contributed by atoms with E-state index in [4.69, 9.17) is 0 Å². The molecule has 1 aromatic heterocycles. The minimum Gasteiger partial charge on any atom is -0.259 e. The zero-order chi connectivity index (χ0) is 10.2. The second kappa shape index (κ2) is 5.86. The molecular weight excluding hydrogens is 172 g/mol. The number of hydrogen-bond donors (Lipinski definition) is 0. The van der Waals surface area contributed by atoms with Crippen molar-refractivity contribution in [3.63, 3.8) is 0 Å². The molecule has 0 amide bonds. The minimum atomic E-state index is 0.874. The van der Waals surface area contributed by atoms with Crippen molar-refractivity contribution >= 4 is 5.71 Å². The molecule has 0 saturated heterocycles. The summed E-state index contributed by atoms with van der Waals surface area (Å²) in [6, 6.07) is 5.82. The zero-order valence-electron chi connectivity index (χ0n) is 8.35. The van der Waals surface area contributed by atoms with Crippen molar-refractivity contribution in [2.45, 2.75) is 13.3 Å². The molecule has 1 rings (SSSR count). The van der Waals surface area contributed by atoms with Crippen molar-refractivity contribution in [2.24, 2.45) is 4.99 Å². The largest absolute Gasteiger partial charge is 0.259 e. The predicted octanol–water partition coefficient (Wildman–Crippen LogP) is 2.98. The summed E-state index contributed by atoms with van der Waals surface area (Å²) in [5, 5.41) is 0. The van der Waals surface area contributed by atoms with Gasteiger partial charge in [-0.1, -0.05) is 25.6 Å². The third-order valence-electron chi connectivity index (χ3n) is 1.75. The molecule has 0 aliphatic rings. The van der Waals surface area contributed by atoms with Crippen LogP contribution in [0.15, 0.2) is 54.3 Å². The standard InChI is InChI=1S/C12H14N2/c1-3-5-9-13-11(4-2)12-8-6-7-10-14-12/h3,5-10H,1,4H2,2H3/b9-5-,13-11+. The Hall–Kier alpha value is -1.70. The predicted molar refractivity (Wildman–Crippen MR) is 60.4 cm³/mol. The van der Waals surface area contributed by atoms with E-state index in [-0.39, 0.29) is 0 Å². The van der Waals surface area contributed by atoms with Gasteiger partial charge in [0.25, 0.3) is 0 Å². The lowest BCUT2D eigenvalue weighted by Crippen LogP contribution is -2.00. The van der Waals surface area contributed by atoms with E-state index in [1.807, 2.05) is 18.2 Å². The fourth-order valence-corrected chi connectivity index (χ4v) is 1.07. The van der Waals surface area contributed by atoms with Crippen LogP contribution in [0.2, 0.25) is 0 Å². The van der Waals surface area contributed by atoms with Crippen molar-refractivity contribution in [1.82, 2.24) is 4.98 Å². The molecule has 0 N–H and O–H groups in total. The van der Waals surface area contributed by atoms with E-state index in [0.29, 0.717) is 0 Å². The Morgan fingerprint density at radius 2 is 2.43 bits per heavy atom. The van der Waals surface area contributed by atoms with Gasteiger partial charge in [0.1, 0.15) is 0 Å². The average Bonchev–Trinajstić information content (AvgIpc) is 2.26. The van der Waals surface area contributed by atoms with E-state index in [0.717, 1.165) is 17.8 Å². The van der Waals surface area contributed by atoms with Crippen LogP contribution in [0.4, 0.5) is 0 Å². The Balaban J connectivity index is 2.87. The molecule has 2 nitrogen and oxygen atoms in total. The highest BCUT2D eigenvalue weighted by Gasteiger charge is 1.98. The number of aromatic nitrogens is 1. The van der Waals surface area contributed by atoms with Gasteiger partial charge in [-0.15, -0.1) is 0 Å². The second-order valence-corrected chi connectivity index (χ2v) is 2.72. The lowest BCUT2D eigenvalue weighted by Gasteiger charge is -1.99. The van der Waals surface area contributed by atoms with Gasteiger partial charge in [0.05, 0.1) is 11.4 Å². The SMILES string of the molecule is C=C/C=C\N=C(/CC)c1ccccn1. The molecule has 1 heterocycles. The molecule has 1 aromatic rings. The van der Waals surface area contributed by atoms with Crippen molar-refractivity contribution in [1.29, 1.82) is 0 Å². The molecule has 0 atom stereocenters. The number of aliphatic imine (C=N–C) groups is 1. The van der Waals surface area contributed by atoms with Gasteiger partial charge in [-0.05, 0) is 24.6 Å². The maximum atomic E-state index is 4.30. The third kappa shape index (κ3) is 2.98. The molecule has 0 saturated carbocycles. The monoisotopic (exact) mass is 186 g/mol. The molecule has 0 aliphatic carbocycles. The first-order valence-electron chi connectivity index (χ1n) is 4.64. The molecule has 0 bridgehead atoms. The quantitative estimate of drug-likeness (QED) is 0.524. The van der Waals surface area contributed by atoms with Crippen LogP contribution in [0.25, 0.3) is 0 Å². The first-order valence-corrected chi connectivity index (χ1v) is 4.64. The summed E-state index contributed by atoms with van der Waals surface area (Å²) < 4.78 is 0. The first kappa shape index (κ1) is 10.4. The maximum Gasteiger partial charge on any atom is 0.0844 e. The second-order valence-electron chi connectivity index (χ2n) is 2.72. The summed E-state index contributed by atoms with van der Waals surface area (Å²) in [6.45, 7) is 5.65. The van der Waals surface area contributed by atoms with Crippen molar-refractivity contribution in [2.75, 3.05) is 0 Å². The van der Waals surface area contributed by atoms with Crippen LogP contribution in [-0.2, 0) is 0 Å². The fourth-order valence-electron chi connectivity index (χ4n) is 1.07. The van der Waals surface area contributed by atoms with Crippen LogP contribution < -0.4 is 0 Å². The summed E-state index contributed by atoms with van der Waals surface area (Å²) in [4.78, 5) is 8.54. The molecule has 0 radical (unpaired) electrons. The Kier molecular flexibility index (Phi) is 4.35. The molecule has 0 unspecified atom stereocenters. The van der Waals surface area contributed by atoms with Crippen molar-refractivity contribution in [3.8, 4) is 0 Å². The molecule has 72 valence electrons. The fraction of sp³-hybridized carbons (Fsp3) is 0.167. The average molecular weight is 186 g/mol. The summed E-state index contributed by atoms with van der Waals surface area (Å²) in [5.74, 6) is 0. The zero-order valence-corrected chi connectivity index (χ0v) is 8.35. The van der Waals surface area contributed by atoms with E-state index in [2.05, 4.69) is 23.5 Å². The van der Waals surface area contributed by atoms with Crippen LogP contribution in [0, 0.1) is 0 Å². The van der Waals surface area contributed by atoms with Crippen LogP contribution >= 0.6 is 0 Å². The highest BCUT2D eigenvalue weighted by molar-refractivity contribution is 5.99. The van der Waals surface area contributed by atoms with Gasteiger partial charge < -0.3 is 0 Å². The number of nitrogens with zero attached hydrogens (tertiary/aromatic N) is 2. The van der Waals surface area contributed by atoms with Crippen LogP contribution in [-0.4, -0.2) is 10.7 Å². The summed E-state index contributed by atoms with van der Waals surface area (Å²) in [6.07, 6.45) is 7.89. The van der Waals surface area contributed by atoms with Gasteiger partial charge in [0.2, 0.25) is 0 Å². The topological polar surface area (TPSA) is 25.2 Å². The van der Waals surface area contributed by atoms with E-state index in [9.17, 15) is 0 Å². The Bertz CT molecular complexity index is 337. The van der Waals surface area contributed by atoms with Gasteiger partial charge in [-0.25, -0.2) is 0 Å². The van der Waals surface area contributed by atoms with Crippen LogP contribution in [0.3, 0.4) is 0 Å². The Morgan fingerprint density at radius 3 is 3.00 bits per heavy atom. The summed E-state index contributed by atoms with van der Waals surface area (Å²) >= 11 is 0. The normalized spacial score (nSPS) is 11.9. The molecule has 0 fully saturated rings. The highest BCUT2D eigenvalue weighted by Crippen LogP contribution is 2.00. The number of pyridine rings is 1. The number of allylic oxidation sites excluding steroid dienone is 2. The number of hydrogen-bond acceptors (Lipinski definition) is 2. The molecule has 0 aliphatic heterocycles. The molecule has 0 aromatic carbocycles. The van der Waals surface area contributed by atoms with Gasteiger partial charge in [0.15, 0.2) is 0 Å². The lowest BCUT2D eigenvalue weighted by molar-refractivity contribution is 1.20. The first-order chi connectivity index (χ1) is 6.88. The molecule has 0 spiro atoms. The highest BCUT2D eigenvalue weighted by atomic mass is 14.8. The van der Waals surface area contributed by atoms with Gasteiger partial charge >= 0.3 is 0 Å². The lowest BCUT2D eigenvalue weighted by atomic mass is 10.2. The van der Waals surface area contributed by atoms with Gasteiger partial charge in [0, 0.05) is 12.4 Å². The van der Waals surface area contributed by atoms with Gasteiger partial charge in [-0.3, -0.25) is 9.98 Å². The summed E-state index contributed by atoms with van der Waals surface area (Å²) in [7, 11) is 0. The smallest absolute Gasteiger partial charge is 0.0844 e. The van der Waals surface area contributed by atoms with E-state index in [1.165, 1.54) is 0 Å². The summed E-state index contributed by atoms with van der Waals surface area (Å²) in [5.41, 5.74) is 1.92. The van der Waals surface area contributed by atoms with Crippen LogP contribution in [0.5, 0.6) is 0 Å². The van der Waals surface area contributed by atoms with Crippen LogP contribution in [0.1, 0.15) is 19.0 Å². The van der Waals surface area contributed by atoms with E-state index >= 15 is 0 Å². The van der Waals surface area contributed by atoms with Crippen molar-refractivity contribution in [3.05, 3.63) is 55.0 Å². The Morgan fingerprint density at radius 1 is 1.57 bits per heavy atom. The minimum absolute atomic E-state index is 0.874. The third-order valence-corrected chi connectivity index (χ3v) is 1.75. The Labute approximate surface area is 84.7 Å². The molecule has 14 heavy (non-hydrogen) atoms. The number of rotatable bonds is 4. The molecular formula is C12H14N2. The maximum absolute atomic E-state index is 4.30. The van der Waals surface area contributed by atoms with Gasteiger partial charge in [-0.2, -0.15) is 0 Å². The van der Waals surface area contributed by atoms with E-state index in [1.54, 1.807) is 24.5 Å². The molecule has 2 heteroatoms. The van der Waals surface area contributed by atoms with E-state index < -0.39 is 0 Å².